The zero-order valence-electron chi connectivity index (χ0n) is 17.0. The van der Waals surface area contributed by atoms with E-state index in [9.17, 15) is 4.79 Å². The van der Waals surface area contributed by atoms with Crippen LogP contribution < -0.4 is 18.9 Å². The molecule has 0 aliphatic heterocycles. The van der Waals surface area contributed by atoms with Crippen LogP contribution in [0.1, 0.15) is 15.9 Å². The first-order valence-corrected chi connectivity index (χ1v) is 10.0. The predicted molar refractivity (Wildman–Crippen MR) is 116 cm³/mol. The molecule has 0 amide bonds. The van der Waals surface area contributed by atoms with Crippen LogP contribution in [0.4, 0.5) is 0 Å². The Balaban J connectivity index is 1.94. The maximum absolute atomic E-state index is 13.7. The number of carbonyl (C=O) groups excluding carboxylic acids is 1. The molecule has 4 rings (SSSR count). The quantitative estimate of drug-likeness (QED) is 0.369. The van der Waals surface area contributed by atoms with Gasteiger partial charge in [0.2, 0.25) is 5.75 Å². The first-order chi connectivity index (χ1) is 14.6. The van der Waals surface area contributed by atoms with E-state index in [1.54, 1.807) is 31.4 Å². The summed E-state index contributed by atoms with van der Waals surface area (Å²) in [7, 11) is 6.14. The number of hydrogen-bond acceptors (Lipinski definition) is 7. The largest absolute Gasteiger partial charge is 0.497 e. The summed E-state index contributed by atoms with van der Waals surface area (Å²) in [6.45, 7) is 0. The topological polar surface area (TPSA) is 67.1 Å². The molecule has 7 heteroatoms. The summed E-state index contributed by atoms with van der Waals surface area (Å²) in [5.41, 5.74) is 2.29. The third-order valence-corrected chi connectivity index (χ3v) is 5.52. The molecule has 6 nitrogen and oxygen atoms in total. The van der Waals surface area contributed by atoms with Crippen molar-refractivity contribution in [2.24, 2.45) is 0 Å². The first kappa shape index (κ1) is 19.8. The summed E-state index contributed by atoms with van der Waals surface area (Å²) in [5, 5.41) is 4.59. The Bertz CT molecular complexity index is 1180. The van der Waals surface area contributed by atoms with Crippen molar-refractivity contribution in [2.75, 3.05) is 28.4 Å². The van der Waals surface area contributed by atoms with Crippen LogP contribution in [0.25, 0.3) is 22.3 Å². The van der Waals surface area contributed by atoms with Crippen molar-refractivity contribution in [3.8, 4) is 34.3 Å². The number of furan rings is 1. The smallest absolute Gasteiger partial charge is 0.203 e. The lowest BCUT2D eigenvalue weighted by Crippen LogP contribution is -2.05. The van der Waals surface area contributed by atoms with Gasteiger partial charge in [-0.1, -0.05) is 0 Å². The van der Waals surface area contributed by atoms with Gasteiger partial charge >= 0.3 is 0 Å². The molecule has 2 aromatic heterocycles. The maximum Gasteiger partial charge on any atom is 0.203 e. The van der Waals surface area contributed by atoms with Crippen LogP contribution >= 0.6 is 11.3 Å². The molecule has 0 aliphatic carbocycles. The molecule has 0 aliphatic rings. The number of hydrogen-bond donors (Lipinski definition) is 0. The van der Waals surface area contributed by atoms with Crippen molar-refractivity contribution in [1.29, 1.82) is 0 Å². The van der Waals surface area contributed by atoms with Gasteiger partial charge < -0.3 is 23.4 Å². The van der Waals surface area contributed by atoms with Crippen LogP contribution in [-0.2, 0) is 0 Å². The molecule has 2 aromatic carbocycles. The van der Waals surface area contributed by atoms with Crippen LogP contribution in [0.2, 0.25) is 0 Å². The van der Waals surface area contributed by atoms with Crippen LogP contribution in [0.5, 0.6) is 23.0 Å². The van der Waals surface area contributed by atoms with Gasteiger partial charge in [-0.15, -0.1) is 0 Å². The van der Waals surface area contributed by atoms with E-state index in [-0.39, 0.29) is 5.78 Å². The number of benzene rings is 2. The Morgan fingerprint density at radius 3 is 2.20 bits per heavy atom. The highest BCUT2D eigenvalue weighted by atomic mass is 32.1. The second kappa shape index (κ2) is 8.12. The summed E-state index contributed by atoms with van der Waals surface area (Å²) in [6.07, 6.45) is 0. The van der Waals surface area contributed by atoms with Gasteiger partial charge in [-0.25, -0.2) is 0 Å². The lowest BCUT2D eigenvalue weighted by molar-refractivity contribution is 0.103. The molecule has 0 bridgehead atoms. The average Bonchev–Trinajstić information content (AvgIpc) is 3.44. The lowest BCUT2D eigenvalue weighted by atomic mass is 9.97. The van der Waals surface area contributed by atoms with Crippen LogP contribution in [0, 0.1) is 0 Å². The van der Waals surface area contributed by atoms with Crippen molar-refractivity contribution < 1.29 is 28.2 Å². The molecule has 0 fully saturated rings. The normalized spacial score (nSPS) is 10.8. The molecule has 0 atom stereocenters. The van der Waals surface area contributed by atoms with Crippen molar-refractivity contribution >= 4 is 28.1 Å². The Morgan fingerprint density at radius 1 is 0.900 bits per heavy atom. The number of rotatable bonds is 7. The van der Waals surface area contributed by atoms with E-state index >= 15 is 0 Å². The molecule has 4 aromatic rings. The van der Waals surface area contributed by atoms with Gasteiger partial charge in [-0.05, 0) is 35.7 Å². The monoisotopic (exact) mass is 424 g/mol. The highest BCUT2D eigenvalue weighted by Crippen LogP contribution is 2.41. The van der Waals surface area contributed by atoms with E-state index < -0.39 is 0 Å². The van der Waals surface area contributed by atoms with Gasteiger partial charge in [0.1, 0.15) is 17.1 Å². The van der Waals surface area contributed by atoms with Gasteiger partial charge in [-0.3, -0.25) is 4.79 Å². The fraction of sp³-hybridized carbons (Fsp3) is 0.174. The van der Waals surface area contributed by atoms with Crippen LogP contribution in [0.15, 0.2) is 51.6 Å². The number of carbonyl (C=O) groups is 1. The molecule has 0 saturated heterocycles. The zero-order chi connectivity index (χ0) is 21.3. The number of ether oxygens (including phenoxy) is 4. The van der Waals surface area contributed by atoms with Gasteiger partial charge in [-0.2, -0.15) is 11.3 Å². The minimum Gasteiger partial charge on any atom is -0.497 e. The van der Waals surface area contributed by atoms with Crippen molar-refractivity contribution in [1.82, 2.24) is 0 Å². The van der Waals surface area contributed by atoms with Crippen molar-refractivity contribution in [3.05, 3.63) is 58.3 Å². The van der Waals surface area contributed by atoms with Crippen molar-refractivity contribution in [3.63, 3.8) is 0 Å². The van der Waals surface area contributed by atoms with E-state index in [1.807, 2.05) is 22.9 Å². The molecular weight excluding hydrogens is 404 g/mol. The molecule has 0 radical (unpaired) electrons. The second-order valence-electron chi connectivity index (χ2n) is 6.42. The van der Waals surface area contributed by atoms with Crippen molar-refractivity contribution in [2.45, 2.75) is 0 Å². The Kier molecular flexibility index (Phi) is 5.37. The molecule has 0 N–H and O–H groups in total. The lowest BCUT2D eigenvalue weighted by Gasteiger charge is -2.13. The number of methoxy groups -OCH3 is 4. The number of thiophene rings is 1. The summed E-state index contributed by atoms with van der Waals surface area (Å²) < 4.78 is 27.6. The van der Waals surface area contributed by atoms with Gasteiger partial charge in [0.15, 0.2) is 17.3 Å². The first-order valence-electron chi connectivity index (χ1n) is 9.09. The molecule has 0 saturated carbocycles. The van der Waals surface area contributed by atoms with Crippen LogP contribution in [-0.4, -0.2) is 34.2 Å². The minimum atomic E-state index is -0.209. The maximum atomic E-state index is 13.7. The summed E-state index contributed by atoms with van der Waals surface area (Å²) in [5.74, 6) is 2.20. The summed E-state index contributed by atoms with van der Waals surface area (Å²) in [6, 6.07) is 10.6. The fourth-order valence-electron chi connectivity index (χ4n) is 3.38. The second-order valence-corrected chi connectivity index (χ2v) is 7.20. The predicted octanol–water partition coefficient (Wildman–Crippen LogP) is 5.43. The third kappa shape index (κ3) is 3.27. The highest BCUT2D eigenvalue weighted by molar-refractivity contribution is 7.08. The molecular formula is C23H20O6S. The van der Waals surface area contributed by atoms with E-state index in [2.05, 4.69) is 0 Å². The van der Waals surface area contributed by atoms with E-state index in [4.69, 9.17) is 23.4 Å². The Hall–Kier alpha value is -3.45. The molecule has 0 spiro atoms. The minimum absolute atomic E-state index is 0.209. The third-order valence-electron chi connectivity index (χ3n) is 4.83. The number of fused-ring (bicyclic) bond motifs is 1. The van der Waals surface area contributed by atoms with Gasteiger partial charge in [0.05, 0.1) is 34.0 Å². The van der Waals surface area contributed by atoms with Gasteiger partial charge in [0, 0.05) is 28.0 Å². The SMILES string of the molecule is COc1ccc2c(C(=O)c3cc(OC)c(OC)c(OC)c3)c(-c3ccsc3)oc2c1. The molecule has 30 heavy (non-hydrogen) atoms. The van der Waals surface area contributed by atoms with E-state index in [1.165, 1.54) is 32.7 Å². The van der Waals surface area contributed by atoms with Crippen LogP contribution in [0.3, 0.4) is 0 Å². The zero-order valence-corrected chi connectivity index (χ0v) is 17.8. The van der Waals surface area contributed by atoms with Gasteiger partial charge in [0.25, 0.3) is 0 Å². The summed E-state index contributed by atoms with van der Waals surface area (Å²) in [4.78, 5) is 13.7. The molecule has 154 valence electrons. The average molecular weight is 424 g/mol. The number of ketones is 1. The van der Waals surface area contributed by atoms with E-state index in [0.29, 0.717) is 50.9 Å². The Labute approximate surface area is 177 Å². The molecule has 0 unspecified atom stereocenters. The highest BCUT2D eigenvalue weighted by Gasteiger charge is 2.26. The Morgan fingerprint density at radius 2 is 1.63 bits per heavy atom. The standard InChI is InChI=1S/C23H20O6S/c1-25-15-5-6-16-17(11-15)29-22(13-7-8-30-12-13)20(16)21(24)14-9-18(26-2)23(28-4)19(10-14)27-3/h5-12H,1-4H3. The molecule has 2 heterocycles. The van der Waals surface area contributed by atoms with E-state index in [0.717, 1.165) is 5.56 Å². The summed E-state index contributed by atoms with van der Waals surface area (Å²) >= 11 is 1.53. The fourth-order valence-corrected chi connectivity index (χ4v) is 4.02.